The number of H-pyrrole nitrogens is 1. The van der Waals surface area contributed by atoms with E-state index in [1.165, 1.54) is 19.2 Å². The van der Waals surface area contributed by atoms with Gasteiger partial charge in [0.2, 0.25) is 0 Å². The molecule has 1 atom stereocenters. The smallest absolute Gasteiger partial charge is 0.290 e. The lowest BCUT2D eigenvalue weighted by molar-refractivity contribution is -0.0329. The van der Waals surface area contributed by atoms with Crippen LogP contribution in [0.1, 0.15) is 41.2 Å². The molecule has 4 aromatic rings. The lowest BCUT2D eigenvalue weighted by Gasteiger charge is -2.19. The SMILES string of the molecule is COc1ccc(F)cc1C(=O)NCc1ccc(-c2nn([C@H]3CCCC3(F)F)c3c(=O)[nH]nc(N)c23)cc1. The standard InChI is InChI=1S/C25H23F3N6O3/c1-37-17-9-8-15(26)11-16(17)23(35)30-12-13-4-6-14(7-5-13)20-19-21(24(36)32-31-22(19)29)34(33-20)18-3-2-10-25(18,27)28/h4-9,11,18H,2-3,10,12H2,1H3,(H2,29,31)(H,30,35)(H,32,36)/t18-/m0/s1. The Balaban J connectivity index is 1.44. The van der Waals surface area contributed by atoms with E-state index >= 15 is 0 Å². The number of alkyl halides is 2. The minimum absolute atomic E-state index is 0.0301. The molecule has 1 saturated carbocycles. The van der Waals surface area contributed by atoms with Gasteiger partial charge in [0, 0.05) is 18.5 Å². The number of ether oxygens (including phenoxy) is 1. The van der Waals surface area contributed by atoms with Crippen molar-refractivity contribution in [1.29, 1.82) is 0 Å². The van der Waals surface area contributed by atoms with E-state index in [4.69, 9.17) is 10.5 Å². The van der Waals surface area contributed by atoms with Crippen LogP contribution in [0.15, 0.2) is 47.3 Å². The van der Waals surface area contributed by atoms with Gasteiger partial charge in [-0.05, 0) is 36.6 Å². The van der Waals surface area contributed by atoms with Gasteiger partial charge in [0.1, 0.15) is 28.8 Å². The highest BCUT2D eigenvalue weighted by Crippen LogP contribution is 2.45. The van der Waals surface area contributed by atoms with Crippen molar-refractivity contribution >= 4 is 22.6 Å². The summed E-state index contributed by atoms with van der Waals surface area (Å²) in [6.07, 6.45) is 0.211. The van der Waals surface area contributed by atoms with Crippen LogP contribution in [-0.2, 0) is 6.54 Å². The molecule has 2 aromatic heterocycles. The molecule has 0 saturated heterocycles. The molecule has 0 unspecified atom stereocenters. The highest BCUT2D eigenvalue weighted by Gasteiger charge is 2.46. The van der Waals surface area contributed by atoms with Crippen molar-refractivity contribution < 1.29 is 22.7 Å². The van der Waals surface area contributed by atoms with Crippen LogP contribution < -0.4 is 21.3 Å². The van der Waals surface area contributed by atoms with Gasteiger partial charge in [-0.2, -0.15) is 10.2 Å². The van der Waals surface area contributed by atoms with Gasteiger partial charge in [0.25, 0.3) is 17.4 Å². The summed E-state index contributed by atoms with van der Waals surface area (Å²) in [5.74, 6) is -3.87. The number of nitrogens with zero attached hydrogens (tertiary/aromatic N) is 3. The molecule has 37 heavy (non-hydrogen) atoms. The maximum absolute atomic E-state index is 14.6. The number of carbonyl (C=O) groups is 1. The predicted molar refractivity (Wildman–Crippen MR) is 130 cm³/mol. The summed E-state index contributed by atoms with van der Waals surface area (Å²) < 4.78 is 49.0. The number of nitrogens with two attached hydrogens (primary N) is 1. The molecule has 0 radical (unpaired) electrons. The summed E-state index contributed by atoms with van der Waals surface area (Å²) in [6, 6.07) is 9.19. The summed E-state index contributed by atoms with van der Waals surface area (Å²) >= 11 is 0. The number of aromatic nitrogens is 4. The average Bonchev–Trinajstić information content (AvgIpc) is 3.45. The summed E-state index contributed by atoms with van der Waals surface area (Å²) in [7, 11) is 1.39. The van der Waals surface area contributed by atoms with Crippen molar-refractivity contribution in [2.24, 2.45) is 0 Å². The predicted octanol–water partition coefficient (Wildman–Crippen LogP) is 3.81. The second-order valence-corrected chi connectivity index (χ2v) is 8.85. The fraction of sp³-hybridized carbons (Fsp3) is 0.280. The number of nitrogens with one attached hydrogen (secondary N) is 2. The van der Waals surface area contributed by atoms with Gasteiger partial charge in [-0.15, -0.1) is 0 Å². The third-order valence-electron chi connectivity index (χ3n) is 6.52. The van der Waals surface area contributed by atoms with Crippen molar-refractivity contribution in [1.82, 2.24) is 25.3 Å². The van der Waals surface area contributed by atoms with Crippen LogP contribution in [0.3, 0.4) is 0 Å². The lowest BCUT2D eigenvalue weighted by Crippen LogP contribution is -2.28. The third kappa shape index (κ3) is 4.39. The molecule has 192 valence electrons. The second kappa shape index (κ2) is 9.26. The molecular formula is C25H23F3N6O3. The van der Waals surface area contributed by atoms with Crippen LogP contribution in [0.5, 0.6) is 5.75 Å². The Kier molecular flexibility index (Phi) is 6.10. The van der Waals surface area contributed by atoms with Gasteiger partial charge in [-0.1, -0.05) is 24.3 Å². The van der Waals surface area contributed by atoms with Gasteiger partial charge in [-0.25, -0.2) is 23.0 Å². The maximum Gasteiger partial charge on any atom is 0.290 e. The minimum atomic E-state index is -3.01. The number of fused-ring (bicyclic) bond motifs is 1. The summed E-state index contributed by atoms with van der Waals surface area (Å²) in [5, 5.41) is 13.4. The fourth-order valence-corrected chi connectivity index (χ4v) is 4.67. The van der Waals surface area contributed by atoms with E-state index in [-0.39, 0.29) is 53.1 Å². The Hall–Kier alpha value is -4.35. The molecule has 12 heteroatoms. The Morgan fingerprint density at radius 2 is 2.03 bits per heavy atom. The molecule has 4 N–H and O–H groups in total. The molecule has 2 aromatic carbocycles. The van der Waals surface area contributed by atoms with Crippen LogP contribution in [0, 0.1) is 5.82 Å². The highest BCUT2D eigenvalue weighted by atomic mass is 19.3. The third-order valence-corrected chi connectivity index (χ3v) is 6.52. The second-order valence-electron chi connectivity index (χ2n) is 8.85. The lowest BCUT2D eigenvalue weighted by atomic mass is 10.1. The summed E-state index contributed by atoms with van der Waals surface area (Å²) in [4.78, 5) is 25.1. The topological polar surface area (TPSA) is 128 Å². The molecule has 0 bridgehead atoms. The van der Waals surface area contributed by atoms with E-state index in [2.05, 4.69) is 20.6 Å². The minimum Gasteiger partial charge on any atom is -0.496 e. The molecule has 9 nitrogen and oxygen atoms in total. The van der Waals surface area contributed by atoms with E-state index in [9.17, 15) is 22.8 Å². The summed E-state index contributed by atoms with van der Waals surface area (Å²) in [6.45, 7) is 0.131. The molecule has 5 rings (SSSR count). The van der Waals surface area contributed by atoms with Crippen LogP contribution >= 0.6 is 0 Å². The van der Waals surface area contributed by atoms with Gasteiger partial charge in [0.15, 0.2) is 5.82 Å². The Labute approximate surface area is 208 Å². The number of benzene rings is 2. The Bertz CT molecular complexity index is 1550. The maximum atomic E-state index is 14.6. The van der Waals surface area contributed by atoms with E-state index in [0.29, 0.717) is 17.5 Å². The molecule has 2 heterocycles. The van der Waals surface area contributed by atoms with Crippen LogP contribution in [0.25, 0.3) is 22.2 Å². The first kappa shape index (κ1) is 24.3. The van der Waals surface area contributed by atoms with Crippen molar-refractivity contribution in [2.75, 3.05) is 12.8 Å². The number of carbonyl (C=O) groups excluding carboxylic acids is 1. The number of halogens is 3. The van der Waals surface area contributed by atoms with Crippen LogP contribution in [-0.4, -0.2) is 38.9 Å². The zero-order chi connectivity index (χ0) is 26.3. The fourth-order valence-electron chi connectivity index (χ4n) is 4.67. The van der Waals surface area contributed by atoms with Crippen molar-refractivity contribution in [3.8, 4) is 17.0 Å². The van der Waals surface area contributed by atoms with Crippen LogP contribution in [0.2, 0.25) is 0 Å². The van der Waals surface area contributed by atoms with E-state index in [1.807, 2.05) is 0 Å². The molecule has 1 fully saturated rings. The first-order valence-electron chi connectivity index (χ1n) is 11.5. The van der Waals surface area contributed by atoms with E-state index < -0.39 is 29.2 Å². The van der Waals surface area contributed by atoms with E-state index in [0.717, 1.165) is 10.7 Å². The first-order chi connectivity index (χ1) is 17.7. The normalized spacial score (nSPS) is 16.7. The van der Waals surface area contributed by atoms with Gasteiger partial charge in [0.05, 0.1) is 18.1 Å². The van der Waals surface area contributed by atoms with Crippen molar-refractivity contribution in [2.45, 2.75) is 37.8 Å². The number of aromatic amines is 1. The number of hydrogen-bond donors (Lipinski definition) is 3. The molecule has 0 spiro atoms. The monoisotopic (exact) mass is 512 g/mol. The molecule has 1 aliphatic rings. The highest BCUT2D eigenvalue weighted by molar-refractivity contribution is 5.99. The quantitative estimate of drug-likeness (QED) is 0.361. The zero-order valence-corrected chi connectivity index (χ0v) is 19.7. The number of methoxy groups -OCH3 is 1. The molecule has 1 aliphatic carbocycles. The first-order valence-corrected chi connectivity index (χ1v) is 11.5. The number of nitrogen functional groups attached to an aromatic ring is 1. The van der Waals surface area contributed by atoms with Gasteiger partial charge in [-0.3, -0.25) is 9.59 Å². The van der Waals surface area contributed by atoms with E-state index in [1.54, 1.807) is 24.3 Å². The van der Waals surface area contributed by atoms with Gasteiger partial charge >= 0.3 is 0 Å². The van der Waals surface area contributed by atoms with Crippen LogP contribution in [0.4, 0.5) is 19.0 Å². The number of amides is 1. The van der Waals surface area contributed by atoms with Gasteiger partial charge < -0.3 is 15.8 Å². The number of hydrogen-bond acceptors (Lipinski definition) is 6. The Morgan fingerprint density at radius 1 is 1.27 bits per heavy atom. The largest absolute Gasteiger partial charge is 0.496 e. The van der Waals surface area contributed by atoms with Crippen molar-refractivity contribution in [3.05, 3.63) is 69.8 Å². The summed E-state index contributed by atoms with van der Waals surface area (Å²) in [5.41, 5.74) is 6.90. The molecule has 0 aliphatic heterocycles. The number of rotatable bonds is 6. The molecule has 1 amide bonds. The number of anilines is 1. The average molecular weight is 512 g/mol. The van der Waals surface area contributed by atoms with Crippen molar-refractivity contribution in [3.63, 3.8) is 0 Å². The molecular weight excluding hydrogens is 489 g/mol. The Morgan fingerprint density at radius 3 is 2.70 bits per heavy atom. The zero-order valence-electron chi connectivity index (χ0n) is 19.7.